The zero-order valence-electron chi connectivity index (χ0n) is 28.8. The maximum absolute atomic E-state index is 6.44. The molecule has 45 heavy (non-hydrogen) atoms. The average Bonchev–Trinajstić information content (AvgIpc) is 3.02. The molecule has 0 saturated heterocycles. The van der Waals surface area contributed by atoms with Crippen LogP contribution in [0.25, 0.3) is 24.3 Å². The lowest BCUT2D eigenvalue weighted by Crippen LogP contribution is -2.07. The summed E-state index contributed by atoms with van der Waals surface area (Å²) < 4.78 is 12.3. The van der Waals surface area contributed by atoms with Gasteiger partial charge < -0.3 is 19.3 Å². The van der Waals surface area contributed by atoms with Crippen molar-refractivity contribution in [2.24, 2.45) is 11.8 Å². The predicted molar refractivity (Wildman–Crippen MR) is 199 cm³/mol. The normalized spacial score (nSPS) is 12.6. The number of allylic oxidation sites excluding steroid dienone is 4. The van der Waals surface area contributed by atoms with E-state index >= 15 is 0 Å². The van der Waals surface area contributed by atoms with Gasteiger partial charge in [-0.25, -0.2) is 0 Å². The molecule has 4 heteroatoms. The molecule has 0 radical (unpaired) electrons. The molecule has 0 amide bonds. The molecule has 0 aliphatic rings. The van der Waals surface area contributed by atoms with Crippen LogP contribution in [0.1, 0.15) is 68.7 Å². The summed E-state index contributed by atoms with van der Waals surface area (Å²) in [6.07, 6.45) is 21.5. The first kappa shape index (κ1) is 35.3. The SMILES string of the molecule is COc1cc(C=CC=Cc2ccc(N(C)C)cc2)c(OCCC(C)CCCC(C)C)cc1C=CC=Cc1ccc(N(C)C)cc1. The Bertz CT molecular complexity index is 1410. The molecular weight excluding hydrogens is 552 g/mol. The number of anilines is 2. The van der Waals surface area contributed by atoms with Crippen LogP contribution < -0.4 is 19.3 Å². The van der Waals surface area contributed by atoms with Crippen molar-refractivity contribution < 1.29 is 9.47 Å². The Morgan fingerprint density at radius 1 is 0.600 bits per heavy atom. The Morgan fingerprint density at radius 3 is 1.53 bits per heavy atom. The molecule has 3 aromatic rings. The molecule has 1 unspecified atom stereocenters. The van der Waals surface area contributed by atoms with Gasteiger partial charge in [-0.1, -0.05) is 113 Å². The van der Waals surface area contributed by atoms with E-state index in [0.717, 1.165) is 46.1 Å². The van der Waals surface area contributed by atoms with Gasteiger partial charge in [-0.3, -0.25) is 0 Å². The number of rotatable bonds is 17. The zero-order valence-corrected chi connectivity index (χ0v) is 28.8. The zero-order chi connectivity index (χ0) is 32.6. The Kier molecular flexibility index (Phi) is 14.6. The molecule has 1 atom stereocenters. The van der Waals surface area contributed by atoms with E-state index in [1.807, 2.05) is 0 Å². The minimum absolute atomic E-state index is 0.638. The van der Waals surface area contributed by atoms with Crippen molar-refractivity contribution in [3.05, 3.63) is 107 Å². The lowest BCUT2D eigenvalue weighted by Gasteiger charge is -2.16. The van der Waals surface area contributed by atoms with Gasteiger partial charge in [-0.15, -0.1) is 0 Å². The fourth-order valence-corrected chi connectivity index (χ4v) is 4.96. The van der Waals surface area contributed by atoms with Gasteiger partial charge in [0.05, 0.1) is 13.7 Å². The molecule has 0 aromatic heterocycles. The molecule has 0 fully saturated rings. The van der Waals surface area contributed by atoms with Crippen LogP contribution in [0.5, 0.6) is 11.5 Å². The van der Waals surface area contributed by atoms with Gasteiger partial charge in [0.1, 0.15) is 11.5 Å². The van der Waals surface area contributed by atoms with Crippen LogP contribution in [0.2, 0.25) is 0 Å². The van der Waals surface area contributed by atoms with Gasteiger partial charge in [0.25, 0.3) is 0 Å². The highest BCUT2D eigenvalue weighted by Crippen LogP contribution is 2.32. The van der Waals surface area contributed by atoms with Crippen molar-refractivity contribution in [3.8, 4) is 11.5 Å². The number of methoxy groups -OCH3 is 1. The quantitative estimate of drug-likeness (QED) is 0.143. The second kappa shape index (κ2) is 18.6. The second-order valence-corrected chi connectivity index (χ2v) is 12.6. The topological polar surface area (TPSA) is 24.9 Å². The van der Waals surface area contributed by atoms with Gasteiger partial charge in [0.2, 0.25) is 0 Å². The highest BCUT2D eigenvalue weighted by atomic mass is 16.5. The van der Waals surface area contributed by atoms with Crippen LogP contribution in [-0.2, 0) is 0 Å². The van der Waals surface area contributed by atoms with Gasteiger partial charge in [0.15, 0.2) is 0 Å². The smallest absolute Gasteiger partial charge is 0.127 e. The molecule has 0 saturated carbocycles. The third-order valence-electron chi connectivity index (χ3n) is 7.88. The molecule has 3 aromatic carbocycles. The van der Waals surface area contributed by atoms with Crippen LogP contribution in [0, 0.1) is 11.8 Å². The Hall–Kier alpha value is -4.18. The standard InChI is InChI=1S/C41H54N2O2/c1-32(2)14-13-15-33(3)28-29-45-41-31-36(18-11-9-16-34-20-24-38(25-21-34)42(4)5)40(44-8)30-37(41)19-12-10-17-35-22-26-39(27-23-35)43(6)7/h9-12,16-27,30-33H,13-15,28-29H2,1-8H3. The summed E-state index contributed by atoms with van der Waals surface area (Å²) >= 11 is 0. The van der Waals surface area contributed by atoms with E-state index < -0.39 is 0 Å². The van der Waals surface area contributed by atoms with E-state index in [1.54, 1.807) is 7.11 Å². The molecule has 0 bridgehead atoms. The van der Waals surface area contributed by atoms with E-state index in [2.05, 4.69) is 168 Å². The van der Waals surface area contributed by atoms with E-state index in [9.17, 15) is 0 Å². The molecule has 240 valence electrons. The number of benzene rings is 3. The molecule has 4 nitrogen and oxygen atoms in total. The van der Waals surface area contributed by atoms with E-state index in [1.165, 1.54) is 30.6 Å². The second-order valence-electron chi connectivity index (χ2n) is 12.6. The first-order valence-corrected chi connectivity index (χ1v) is 16.3. The number of ether oxygens (including phenoxy) is 2. The molecule has 0 N–H and O–H groups in total. The Balaban J connectivity index is 1.77. The summed E-state index contributed by atoms with van der Waals surface area (Å²) in [7, 11) is 9.93. The molecule has 0 aliphatic heterocycles. The summed E-state index contributed by atoms with van der Waals surface area (Å²) in [6, 6.07) is 21.2. The van der Waals surface area contributed by atoms with Crippen molar-refractivity contribution in [3.63, 3.8) is 0 Å². The van der Waals surface area contributed by atoms with E-state index in [0.29, 0.717) is 12.5 Å². The van der Waals surface area contributed by atoms with Crippen LogP contribution in [0.15, 0.2) is 85.0 Å². The fraction of sp³-hybridized carbons (Fsp3) is 0.366. The van der Waals surface area contributed by atoms with Crippen LogP contribution in [-0.4, -0.2) is 41.9 Å². The van der Waals surface area contributed by atoms with Crippen molar-refractivity contribution in [1.29, 1.82) is 0 Å². The Labute approximate surface area is 273 Å². The van der Waals surface area contributed by atoms with Gasteiger partial charge in [0, 0.05) is 50.7 Å². The molecule has 0 spiro atoms. The third kappa shape index (κ3) is 12.4. The van der Waals surface area contributed by atoms with Crippen molar-refractivity contribution in [1.82, 2.24) is 0 Å². The largest absolute Gasteiger partial charge is 0.496 e. The summed E-state index contributed by atoms with van der Waals surface area (Å²) in [5.74, 6) is 3.08. The van der Waals surface area contributed by atoms with Gasteiger partial charge in [-0.2, -0.15) is 0 Å². The van der Waals surface area contributed by atoms with Crippen LogP contribution in [0.4, 0.5) is 11.4 Å². The highest BCUT2D eigenvalue weighted by Gasteiger charge is 2.10. The first-order chi connectivity index (χ1) is 21.7. The monoisotopic (exact) mass is 606 g/mol. The maximum atomic E-state index is 6.44. The van der Waals surface area contributed by atoms with Gasteiger partial charge in [-0.05, 0) is 65.8 Å². The molecule has 0 aliphatic carbocycles. The Morgan fingerprint density at radius 2 is 1.07 bits per heavy atom. The first-order valence-electron chi connectivity index (χ1n) is 16.3. The summed E-state index contributed by atoms with van der Waals surface area (Å²) in [5.41, 5.74) is 6.68. The van der Waals surface area contributed by atoms with Crippen molar-refractivity contribution in [2.75, 3.05) is 51.7 Å². The molecule has 0 heterocycles. The average molecular weight is 607 g/mol. The summed E-state index contributed by atoms with van der Waals surface area (Å²) in [5, 5.41) is 0. The number of hydrogen-bond donors (Lipinski definition) is 0. The highest BCUT2D eigenvalue weighted by molar-refractivity contribution is 5.70. The van der Waals surface area contributed by atoms with E-state index in [4.69, 9.17) is 9.47 Å². The fourth-order valence-electron chi connectivity index (χ4n) is 4.96. The van der Waals surface area contributed by atoms with Crippen LogP contribution in [0.3, 0.4) is 0 Å². The number of hydrogen-bond acceptors (Lipinski definition) is 4. The molecular formula is C41H54N2O2. The maximum Gasteiger partial charge on any atom is 0.127 e. The summed E-state index contributed by atoms with van der Waals surface area (Å²) in [4.78, 5) is 4.21. The predicted octanol–water partition coefficient (Wildman–Crippen LogP) is 10.5. The van der Waals surface area contributed by atoms with Crippen LogP contribution >= 0.6 is 0 Å². The molecule has 3 rings (SSSR count). The lowest BCUT2D eigenvalue weighted by molar-refractivity contribution is 0.275. The minimum atomic E-state index is 0.638. The number of nitrogens with zero attached hydrogens (tertiary/aromatic N) is 2. The van der Waals surface area contributed by atoms with Gasteiger partial charge >= 0.3 is 0 Å². The van der Waals surface area contributed by atoms with Crippen molar-refractivity contribution in [2.45, 2.75) is 46.5 Å². The lowest BCUT2D eigenvalue weighted by atomic mass is 9.98. The van der Waals surface area contributed by atoms with Crippen molar-refractivity contribution >= 4 is 35.7 Å². The third-order valence-corrected chi connectivity index (χ3v) is 7.88. The minimum Gasteiger partial charge on any atom is -0.496 e. The summed E-state index contributed by atoms with van der Waals surface area (Å²) in [6.45, 7) is 7.62. The van der Waals surface area contributed by atoms with E-state index in [-0.39, 0.29) is 0 Å².